The zero-order valence-corrected chi connectivity index (χ0v) is 19.2. The van der Waals surface area contributed by atoms with E-state index < -0.39 is 0 Å². The smallest absolute Gasteiger partial charge is 0.326 e. The number of carbonyl (C=O) groups excluding carboxylic acids is 2. The highest BCUT2D eigenvalue weighted by Gasteiger charge is 2.29. The molecular formula is C23H21BrClN3O3. The van der Waals surface area contributed by atoms with Gasteiger partial charge in [-0.1, -0.05) is 48.9 Å². The molecule has 0 fully saturated rings. The van der Waals surface area contributed by atoms with Gasteiger partial charge in [0.25, 0.3) is 5.91 Å². The Labute approximate surface area is 193 Å². The summed E-state index contributed by atoms with van der Waals surface area (Å²) in [5, 5.41) is 0.451. The average molecular weight is 503 g/mol. The Balaban J connectivity index is 1.56. The molecule has 0 aliphatic carbocycles. The van der Waals surface area contributed by atoms with Gasteiger partial charge < -0.3 is 9.88 Å². The van der Waals surface area contributed by atoms with Crippen LogP contribution in [-0.2, 0) is 13.1 Å². The Bertz CT molecular complexity index is 1200. The second kappa shape index (κ2) is 8.85. The number of halogens is 2. The highest BCUT2D eigenvalue weighted by Crippen LogP contribution is 2.26. The van der Waals surface area contributed by atoms with Crippen molar-refractivity contribution < 1.29 is 9.59 Å². The fraction of sp³-hybridized carbons (Fsp3) is 0.261. The molecule has 2 heterocycles. The first kappa shape index (κ1) is 21.6. The fourth-order valence-electron chi connectivity index (χ4n) is 3.88. The number of hydrogen-bond donors (Lipinski definition) is 1. The highest BCUT2D eigenvalue weighted by molar-refractivity contribution is 9.10. The molecule has 0 unspecified atom stereocenters. The third kappa shape index (κ3) is 4.38. The Morgan fingerprint density at radius 2 is 1.90 bits per heavy atom. The van der Waals surface area contributed by atoms with Gasteiger partial charge in [0.2, 0.25) is 0 Å². The predicted octanol–water partition coefficient (Wildman–Crippen LogP) is 4.62. The van der Waals surface area contributed by atoms with Crippen molar-refractivity contribution in [3.8, 4) is 0 Å². The van der Waals surface area contributed by atoms with Crippen LogP contribution < -0.4 is 5.69 Å². The summed E-state index contributed by atoms with van der Waals surface area (Å²) < 4.78 is 2.27. The minimum Gasteiger partial charge on any atom is -0.331 e. The van der Waals surface area contributed by atoms with Crippen LogP contribution in [0.4, 0.5) is 0 Å². The first-order chi connectivity index (χ1) is 14.8. The van der Waals surface area contributed by atoms with Crippen molar-refractivity contribution in [2.24, 2.45) is 0 Å². The largest absolute Gasteiger partial charge is 0.331 e. The summed E-state index contributed by atoms with van der Waals surface area (Å²) in [7, 11) is 0. The summed E-state index contributed by atoms with van der Waals surface area (Å²) in [6.45, 7) is 2.89. The number of rotatable bonds is 5. The number of carbonyl (C=O) groups is 2. The van der Waals surface area contributed by atoms with Crippen LogP contribution in [0.25, 0.3) is 0 Å². The van der Waals surface area contributed by atoms with Gasteiger partial charge in [-0.25, -0.2) is 4.79 Å². The van der Waals surface area contributed by atoms with Gasteiger partial charge >= 0.3 is 5.69 Å². The van der Waals surface area contributed by atoms with Gasteiger partial charge in [-0.15, -0.1) is 0 Å². The Kier molecular flexibility index (Phi) is 6.16. The number of benzene rings is 2. The van der Waals surface area contributed by atoms with Gasteiger partial charge in [0.05, 0.1) is 17.3 Å². The molecule has 0 radical (unpaired) electrons. The number of H-pyrrole nitrogens is 1. The number of hydrogen-bond acceptors (Lipinski definition) is 3. The molecule has 1 aromatic heterocycles. The van der Waals surface area contributed by atoms with Crippen molar-refractivity contribution in [3.05, 3.63) is 91.0 Å². The van der Waals surface area contributed by atoms with Crippen LogP contribution >= 0.6 is 27.5 Å². The third-order valence-electron chi connectivity index (χ3n) is 5.62. The maximum absolute atomic E-state index is 13.0. The minimum atomic E-state index is -0.315. The van der Waals surface area contributed by atoms with E-state index in [2.05, 4.69) is 20.9 Å². The average Bonchev–Trinajstić information content (AvgIpc) is 3.11. The van der Waals surface area contributed by atoms with E-state index in [1.54, 1.807) is 27.7 Å². The zero-order valence-electron chi connectivity index (χ0n) is 16.9. The van der Waals surface area contributed by atoms with E-state index in [0.29, 0.717) is 39.5 Å². The molecule has 160 valence electrons. The first-order valence-electron chi connectivity index (χ1n) is 9.99. The van der Waals surface area contributed by atoms with Crippen molar-refractivity contribution in [1.82, 2.24) is 14.5 Å². The van der Waals surface area contributed by atoms with Crippen molar-refractivity contribution in [3.63, 3.8) is 0 Å². The molecule has 1 N–H and O–H groups in total. The molecule has 3 aromatic rings. The van der Waals surface area contributed by atoms with Crippen molar-refractivity contribution in [2.75, 3.05) is 6.54 Å². The maximum Gasteiger partial charge on any atom is 0.326 e. The summed E-state index contributed by atoms with van der Waals surface area (Å²) in [5.41, 5.74) is 2.06. The molecular weight excluding hydrogens is 482 g/mol. The van der Waals surface area contributed by atoms with E-state index in [4.69, 9.17) is 11.6 Å². The van der Waals surface area contributed by atoms with Crippen LogP contribution in [0.15, 0.2) is 57.8 Å². The summed E-state index contributed by atoms with van der Waals surface area (Å²) in [6, 6.07) is 14.8. The monoisotopic (exact) mass is 501 g/mol. The molecule has 1 atom stereocenters. The number of imidazole rings is 1. The van der Waals surface area contributed by atoms with Crippen molar-refractivity contribution >= 4 is 39.2 Å². The van der Waals surface area contributed by atoms with Gasteiger partial charge in [-0.3, -0.25) is 14.2 Å². The number of nitrogens with one attached hydrogen (secondary N) is 1. The summed E-state index contributed by atoms with van der Waals surface area (Å²) >= 11 is 9.46. The van der Waals surface area contributed by atoms with E-state index in [1.807, 2.05) is 37.3 Å². The molecule has 4 rings (SSSR count). The lowest BCUT2D eigenvalue weighted by Crippen LogP contribution is -2.40. The third-order valence-corrected chi connectivity index (χ3v) is 6.85. The fourth-order valence-corrected chi connectivity index (χ4v) is 4.31. The van der Waals surface area contributed by atoms with Gasteiger partial charge in [0.15, 0.2) is 5.78 Å². The standard InChI is InChI=1S/C23H21BrClN3O3/c1-14(15-5-3-2-4-6-15)11-20(29)21-19-13-27(9-10-28(19)23(31)26-21)22(30)16-7-8-17(24)18(25)12-16/h2-8,12,14H,9-11,13H2,1H3,(H,26,31)/t14-/m1/s1. The van der Waals surface area contributed by atoms with E-state index in [9.17, 15) is 14.4 Å². The summed E-state index contributed by atoms with van der Waals surface area (Å²) in [6.07, 6.45) is 0.271. The van der Waals surface area contributed by atoms with Crippen molar-refractivity contribution in [1.29, 1.82) is 0 Å². The lowest BCUT2D eigenvalue weighted by molar-refractivity contribution is 0.0706. The molecule has 2 aromatic carbocycles. The summed E-state index contributed by atoms with van der Waals surface area (Å²) in [5.74, 6) is -0.312. The van der Waals surface area contributed by atoms with E-state index >= 15 is 0 Å². The number of Topliss-reactive ketones (excluding diaryl/α,β-unsaturated/α-hetero) is 1. The molecule has 31 heavy (non-hydrogen) atoms. The van der Waals surface area contributed by atoms with Crippen LogP contribution in [0.5, 0.6) is 0 Å². The van der Waals surface area contributed by atoms with Crippen LogP contribution in [-0.4, -0.2) is 32.7 Å². The number of fused-ring (bicyclic) bond motifs is 1. The molecule has 6 nitrogen and oxygen atoms in total. The molecule has 0 saturated carbocycles. The maximum atomic E-state index is 13.0. The van der Waals surface area contributed by atoms with Crippen molar-refractivity contribution in [2.45, 2.75) is 32.4 Å². The number of amides is 1. The highest BCUT2D eigenvalue weighted by atomic mass is 79.9. The molecule has 8 heteroatoms. The topological polar surface area (TPSA) is 75.2 Å². The number of nitrogens with zero attached hydrogens (tertiary/aromatic N) is 2. The van der Waals surface area contributed by atoms with Crippen LogP contribution in [0.1, 0.15) is 51.4 Å². The second-order valence-electron chi connectivity index (χ2n) is 7.70. The first-order valence-corrected chi connectivity index (χ1v) is 11.2. The van der Waals surface area contributed by atoms with Crippen LogP contribution in [0.2, 0.25) is 5.02 Å². The lowest BCUT2D eigenvalue weighted by Gasteiger charge is -2.28. The molecule has 0 bridgehead atoms. The Hall–Kier alpha value is -2.64. The second-order valence-corrected chi connectivity index (χ2v) is 8.96. The predicted molar refractivity (Wildman–Crippen MR) is 123 cm³/mol. The van der Waals surface area contributed by atoms with Gasteiger partial charge in [-0.05, 0) is 45.6 Å². The van der Waals surface area contributed by atoms with E-state index in [0.717, 1.165) is 5.56 Å². The number of ketones is 1. The summed E-state index contributed by atoms with van der Waals surface area (Å²) in [4.78, 5) is 42.8. The molecule has 1 aliphatic rings. The van der Waals surface area contributed by atoms with Crippen LogP contribution in [0.3, 0.4) is 0 Å². The normalized spacial score (nSPS) is 14.2. The number of aromatic amines is 1. The van der Waals surface area contributed by atoms with Crippen LogP contribution in [0, 0.1) is 0 Å². The molecule has 1 aliphatic heterocycles. The quantitative estimate of drug-likeness (QED) is 0.517. The van der Waals surface area contributed by atoms with Gasteiger partial charge in [0, 0.05) is 29.5 Å². The zero-order chi connectivity index (χ0) is 22.1. The molecule has 0 saturated heterocycles. The molecule has 0 spiro atoms. The van der Waals surface area contributed by atoms with E-state index in [-0.39, 0.29) is 36.3 Å². The Morgan fingerprint density at radius 3 is 2.61 bits per heavy atom. The SMILES string of the molecule is C[C@H](CC(=O)c1[nH]c(=O)n2c1CN(C(=O)c1ccc(Br)c(Cl)c1)CC2)c1ccccc1. The van der Waals surface area contributed by atoms with Gasteiger partial charge in [-0.2, -0.15) is 0 Å². The Morgan fingerprint density at radius 1 is 1.16 bits per heavy atom. The van der Waals surface area contributed by atoms with Gasteiger partial charge in [0.1, 0.15) is 5.69 Å². The number of aromatic nitrogens is 2. The lowest BCUT2D eigenvalue weighted by atomic mass is 9.94. The molecule has 1 amide bonds. The van der Waals surface area contributed by atoms with E-state index in [1.165, 1.54) is 0 Å². The minimum absolute atomic E-state index is 0.0129.